The second kappa shape index (κ2) is 11.0. The molecule has 1 aromatic carbocycles. The SMILES string of the molecule is Cc1[nH]c(=O)c(C#N)c(C)c1CCC(=O)N(CCN1CCCC1)Cc1ccc(Cl)c(Cl)c1. The van der Waals surface area contributed by atoms with Crippen LogP contribution in [0.4, 0.5) is 0 Å². The lowest BCUT2D eigenvalue weighted by molar-refractivity contribution is -0.132. The molecule has 0 spiro atoms. The topological polar surface area (TPSA) is 80.2 Å². The number of aromatic amines is 1. The summed E-state index contributed by atoms with van der Waals surface area (Å²) in [6.07, 6.45) is 3.16. The first-order valence-corrected chi connectivity index (χ1v) is 11.6. The molecule has 1 aliphatic rings. The van der Waals surface area contributed by atoms with Crippen LogP contribution in [0.3, 0.4) is 0 Å². The molecule has 1 fully saturated rings. The molecule has 8 heteroatoms. The number of hydrogen-bond acceptors (Lipinski definition) is 4. The predicted molar refractivity (Wildman–Crippen MR) is 127 cm³/mol. The fourth-order valence-corrected chi connectivity index (χ4v) is 4.55. The summed E-state index contributed by atoms with van der Waals surface area (Å²) >= 11 is 12.2. The Morgan fingerprint density at radius 3 is 2.59 bits per heavy atom. The van der Waals surface area contributed by atoms with Gasteiger partial charge in [0.1, 0.15) is 11.6 Å². The highest BCUT2D eigenvalue weighted by molar-refractivity contribution is 6.42. The number of pyridine rings is 1. The molecule has 170 valence electrons. The molecule has 0 atom stereocenters. The monoisotopic (exact) mass is 474 g/mol. The molecular formula is C24H28Cl2N4O2. The second-order valence-electron chi connectivity index (χ2n) is 8.28. The highest BCUT2D eigenvalue weighted by Gasteiger charge is 2.20. The Morgan fingerprint density at radius 2 is 1.94 bits per heavy atom. The maximum absolute atomic E-state index is 13.2. The zero-order valence-corrected chi connectivity index (χ0v) is 20.0. The molecule has 1 N–H and O–H groups in total. The number of halogens is 2. The number of carbonyl (C=O) groups excluding carboxylic acids is 1. The van der Waals surface area contributed by atoms with Crippen molar-refractivity contribution in [3.63, 3.8) is 0 Å². The van der Waals surface area contributed by atoms with Crippen LogP contribution in [0.1, 0.15) is 47.2 Å². The molecule has 0 saturated carbocycles. The summed E-state index contributed by atoms with van der Waals surface area (Å²) in [4.78, 5) is 32.2. The molecule has 1 aromatic heterocycles. The predicted octanol–water partition coefficient (Wildman–Crippen LogP) is 4.23. The third kappa shape index (κ3) is 5.92. The van der Waals surface area contributed by atoms with Gasteiger partial charge in [0.2, 0.25) is 5.91 Å². The summed E-state index contributed by atoms with van der Waals surface area (Å²) in [6, 6.07) is 7.41. The minimum atomic E-state index is -0.385. The second-order valence-corrected chi connectivity index (χ2v) is 9.10. The molecule has 32 heavy (non-hydrogen) atoms. The van der Waals surface area contributed by atoms with E-state index < -0.39 is 0 Å². The molecule has 6 nitrogen and oxygen atoms in total. The van der Waals surface area contributed by atoms with Gasteiger partial charge in [0.15, 0.2) is 0 Å². The van der Waals surface area contributed by atoms with Gasteiger partial charge in [0, 0.05) is 31.7 Å². The molecule has 0 radical (unpaired) electrons. The number of nitriles is 1. The number of aryl methyl sites for hydroxylation is 1. The first-order valence-electron chi connectivity index (χ1n) is 10.9. The zero-order chi connectivity index (χ0) is 23.3. The number of nitrogens with zero attached hydrogens (tertiary/aromatic N) is 3. The molecule has 1 amide bonds. The highest BCUT2D eigenvalue weighted by Crippen LogP contribution is 2.24. The minimum Gasteiger partial charge on any atom is -0.337 e. The lowest BCUT2D eigenvalue weighted by Crippen LogP contribution is -2.37. The molecule has 2 aromatic rings. The van der Waals surface area contributed by atoms with Gasteiger partial charge in [-0.05, 0) is 75.0 Å². The molecule has 1 saturated heterocycles. The smallest absolute Gasteiger partial charge is 0.266 e. The summed E-state index contributed by atoms with van der Waals surface area (Å²) < 4.78 is 0. The van der Waals surface area contributed by atoms with Crippen LogP contribution in [0.15, 0.2) is 23.0 Å². The first-order chi connectivity index (χ1) is 15.3. The van der Waals surface area contributed by atoms with Gasteiger partial charge in [-0.2, -0.15) is 5.26 Å². The van der Waals surface area contributed by atoms with Crippen molar-refractivity contribution in [2.45, 2.75) is 46.1 Å². The Morgan fingerprint density at radius 1 is 1.22 bits per heavy atom. The normalized spacial score (nSPS) is 13.8. The van der Waals surface area contributed by atoms with Crippen molar-refractivity contribution in [1.29, 1.82) is 5.26 Å². The van der Waals surface area contributed by atoms with Crippen molar-refractivity contribution in [1.82, 2.24) is 14.8 Å². The molecule has 3 rings (SSSR count). The standard InChI is InChI=1S/C24H28Cl2N4O2/c1-16-19(17(2)28-24(32)20(16)14-27)6-8-23(31)30(12-11-29-9-3-4-10-29)15-18-5-7-21(25)22(26)13-18/h5,7,13H,3-4,6,8-12,15H2,1-2H3,(H,28,32). The highest BCUT2D eigenvalue weighted by atomic mass is 35.5. The molecule has 0 aliphatic carbocycles. The van der Waals surface area contributed by atoms with Crippen molar-refractivity contribution in [2.24, 2.45) is 0 Å². The number of rotatable bonds is 8. The van der Waals surface area contributed by atoms with Gasteiger partial charge < -0.3 is 14.8 Å². The van der Waals surface area contributed by atoms with E-state index in [0.717, 1.165) is 30.8 Å². The number of amides is 1. The van der Waals surface area contributed by atoms with E-state index in [4.69, 9.17) is 23.2 Å². The van der Waals surface area contributed by atoms with Gasteiger partial charge in [-0.25, -0.2) is 0 Å². The number of hydrogen-bond donors (Lipinski definition) is 1. The van der Waals surface area contributed by atoms with Crippen LogP contribution in [0.25, 0.3) is 0 Å². The Kier molecular flexibility index (Phi) is 8.36. The van der Waals surface area contributed by atoms with E-state index in [2.05, 4.69) is 9.88 Å². The Balaban J connectivity index is 1.74. The quantitative estimate of drug-likeness (QED) is 0.620. The summed E-state index contributed by atoms with van der Waals surface area (Å²) in [5, 5.41) is 10.3. The van der Waals surface area contributed by atoms with Gasteiger partial charge in [-0.3, -0.25) is 9.59 Å². The van der Waals surface area contributed by atoms with E-state index in [1.165, 1.54) is 12.8 Å². The summed E-state index contributed by atoms with van der Waals surface area (Å²) in [5.74, 6) is 0.0266. The Hall–Kier alpha value is -2.33. The number of aromatic nitrogens is 1. The van der Waals surface area contributed by atoms with Crippen LogP contribution in [0.5, 0.6) is 0 Å². The lowest BCUT2D eigenvalue weighted by Gasteiger charge is -2.26. The maximum Gasteiger partial charge on any atom is 0.266 e. The van der Waals surface area contributed by atoms with Crippen LogP contribution < -0.4 is 5.56 Å². The maximum atomic E-state index is 13.2. The Bertz CT molecular complexity index is 1080. The van der Waals surface area contributed by atoms with E-state index in [0.29, 0.717) is 47.2 Å². The first kappa shape index (κ1) is 24.3. The van der Waals surface area contributed by atoms with E-state index in [-0.39, 0.29) is 17.0 Å². The third-order valence-corrected chi connectivity index (χ3v) is 6.84. The molecule has 2 heterocycles. The van der Waals surface area contributed by atoms with Crippen molar-refractivity contribution >= 4 is 29.1 Å². The summed E-state index contributed by atoms with van der Waals surface area (Å²) in [5.41, 5.74) is 2.85. The van der Waals surface area contributed by atoms with Crippen molar-refractivity contribution in [3.05, 3.63) is 66.5 Å². The van der Waals surface area contributed by atoms with Crippen LogP contribution >= 0.6 is 23.2 Å². The van der Waals surface area contributed by atoms with Crippen LogP contribution in [-0.4, -0.2) is 46.9 Å². The van der Waals surface area contributed by atoms with Crippen LogP contribution in [0, 0.1) is 25.2 Å². The van der Waals surface area contributed by atoms with Crippen LogP contribution in [0.2, 0.25) is 10.0 Å². The Labute approximate surface area is 198 Å². The number of likely N-dealkylation sites (tertiary alicyclic amines) is 1. The largest absolute Gasteiger partial charge is 0.337 e. The molecule has 0 bridgehead atoms. The average Bonchev–Trinajstić information content (AvgIpc) is 3.27. The van der Waals surface area contributed by atoms with Gasteiger partial charge in [0.25, 0.3) is 5.56 Å². The summed E-state index contributed by atoms with van der Waals surface area (Å²) in [6.45, 7) is 7.63. The van der Waals surface area contributed by atoms with Crippen molar-refractivity contribution in [3.8, 4) is 6.07 Å². The van der Waals surface area contributed by atoms with Gasteiger partial charge in [-0.15, -0.1) is 0 Å². The lowest BCUT2D eigenvalue weighted by atomic mass is 9.99. The number of carbonyl (C=O) groups is 1. The van der Waals surface area contributed by atoms with E-state index in [9.17, 15) is 14.9 Å². The van der Waals surface area contributed by atoms with Gasteiger partial charge >= 0.3 is 0 Å². The molecule has 1 aliphatic heterocycles. The van der Waals surface area contributed by atoms with Crippen molar-refractivity contribution in [2.75, 3.05) is 26.2 Å². The third-order valence-electron chi connectivity index (χ3n) is 6.10. The van der Waals surface area contributed by atoms with E-state index in [1.54, 1.807) is 26.0 Å². The fraction of sp³-hybridized carbons (Fsp3) is 0.458. The average molecular weight is 475 g/mol. The van der Waals surface area contributed by atoms with E-state index in [1.807, 2.05) is 17.0 Å². The van der Waals surface area contributed by atoms with E-state index >= 15 is 0 Å². The number of H-pyrrole nitrogens is 1. The van der Waals surface area contributed by atoms with Gasteiger partial charge in [-0.1, -0.05) is 29.3 Å². The van der Waals surface area contributed by atoms with Crippen molar-refractivity contribution < 1.29 is 4.79 Å². The summed E-state index contributed by atoms with van der Waals surface area (Å²) in [7, 11) is 0. The number of nitrogens with one attached hydrogen (secondary N) is 1. The fourth-order valence-electron chi connectivity index (χ4n) is 4.23. The van der Waals surface area contributed by atoms with Crippen LogP contribution in [-0.2, 0) is 17.8 Å². The number of benzene rings is 1. The molecule has 0 unspecified atom stereocenters. The molecular weight excluding hydrogens is 447 g/mol. The van der Waals surface area contributed by atoms with Gasteiger partial charge in [0.05, 0.1) is 10.0 Å². The minimum absolute atomic E-state index is 0.0266. The zero-order valence-electron chi connectivity index (χ0n) is 18.5.